The number of amides is 2. The van der Waals surface area contributed by atoms with Gasteiger partial charge in [0.05, 0.1) is 11.6 Å². The van der Waals surface area contributed by atoms with Gasteiger partial charge < -0.3 is 15.0 Å². The third kappa shape index (κ3) is 5.59. The Bertz CT molecular complexity index is 511. The highest BCUT2D eigenvalue weighted by Gasteiger charge is 2.16. The van der Waals surface area contributed by atoms with Crippen LogP contribution in [-0.4, -0.2) is 43.0 Å². The molecule has 1 aromatic carbocycles. The lowest BCUT2D eigenvalue weighted by atomic mass is 10.3. The molecule has 0 bridgehead atoms. The third-order valence-corrected chi connectivity index (χ3v) is 2.99. The monoisotopic (exact) mass is 316 g/mol. The lowest BCUT2D eigenvalue weighted by Crippen LogP contribution is -2.42. The number of likely N-dealkylation sites (N-methyl/N-ethyl adjacent to an activating group) is 2. The van der Waals surface area contributed by atoms with Gasteiger partial charge in [-0.15, -0.1) is 0 Å². The molecule has 5 nitrogen and oxygen atoms in total. The van der Waals surface area contributed by atoms with Gasteiger partial charge in [0, 0.05) is 19.2 Å². The first-order chi connectivity index (χ1) is 9.97. The summed E-state index contributed by atoms with van der Waals surface area (Å²) in [5.41, 5.74) is 0. The largest absolute Gasteiger partial charge is 0.484 e. The van der Waals surface area contributed by atoms with Crippen molar-refractivity contribution in [2.24, 2.45) is 0 Å². The Morgan fingerprint density at radius 1 is 1.38 bits per heavy atom. The number of halogens is 2. The van der Waals surface area contributed by atoms with Crippen molar-refractivity contribution in [3.05, 3.63) is 29.0 Å². The highest BCUT2D eigenvalue weighted by Crippen LogP contribution is 2.21. The predicted octanol–water partition coefficient (Wildman–Crippen LogP) is 1.84. The highest BCUT2D eigenvalue weighted by molar-refractivity contribution is 6.30. The molecule has 0 unspecified atom stereocenters. The molecule has 21 heavy (non-hydrogen) atoms. The van der Waals surface area contributed by atoms with Crippen molar-refractivity contribution >= 4 is 23.4 Å². The number of carbonyl (C=O) groups is 2. The van der Waals surface area contributed by atoms with Crippen LogP contribution in [0.15, 0.2) is 18.2 Å². The van der Waals surface area contributed by atoms with Gasteiger partial charge in [-0.05, 0) is 26.0 Å². The minimum Gasteiger partial charge on any atom is -0.484 e. The zero-order valence-corrected chi connectivity index (χ0v) is 12.7. The number of rotatable bonds is 7. The van der Waals surface area contributed by atoms with Crippen molar-refractivity contribution in [2.45, 2.75) is 13.8 Å². The van der Waals surface area contributed by atoms with Gasteiger partial charge in [-0.2, -0.15) is 0 Å². The SMILES string of the molecule is CCNC(=O)CN(CC)C(=O)COc1ccc(F)c(Cl)c1. The van der Waals surface area contributed by atoms with Crippen molar-refractivity contribution in [3.63, 3.8) is 0 Å². The topological polar surface area (TPSA) is 58.6 Å². The number of hydrogen-bond acceptors (Lipinski definition) is 3. The molecular formula is C14H18ClFN2O3. The zero-order valence-electron chi connectivity index (χ0n) is 12.0. The maximum absolute atomic E-state index is 13.0. The molecular weight excluding hydrogens is 299 g/mol. The summed E-state index contributed by atoms with van der Waals surface area (Å²) in [6.07, 6.45) is 0. The first kappa shape index (κ1) is 17.2. The standard InChI is InChI=1S/C14H18ClFN2O3/c1-3-17-13(19)8-18(4-2)14(20)9-21-10-5-6-12(16)11(15)7-10/h5-7H,3-4,8-9H2,1-2H3,(H,17,19). The minimum absolute atomic E-state index is 0.0172. The number of nitrogens with zero attached hydrogens (tertiary/aromatic N) is 1. The van der Waals surface area contributed by atoms with E-state index in [-0.39, 0.29) is 30.0 Å². The summed E-state index contributed by atoms with van der Waals surface area (Å²) in [6.45, 7) is 4.22. The fourth-order valence-corrected chi connectivity index (χ4v) is 1.78. The van der Waals surface area contributed by atoms with Crippen molar-refractivity contribution in [1.82, 2.24) is 10.2 Å². The second-order valence-electron chi connectivity index (χ2n) is 4.23. The smallest absolute Gasteiger partial charge is 0.260 e. The van der Waals surface area contributed by atoms with Crippen LogP contribution in [0.3, 0.4) is 0 Å². The Morgan fingerprint density at radius 3 is 2.67 bits per heavy atom. The van der Waals surface area contributed by atoms with Crippen LogP contribution < -0.4 is 10.1 Å². The van der Waals surface area contributed by atoms with Crippen LogP contribution in [-0.2, 0) is 9.59 Å². The molecule has 1 N–H and O–H groups in total. The average molecular weight is 317 g/mol. The van der Waals surface area contributed by atoms with Crippen LogP contribution in [0.5, 0.6) is 5.75 Å². The van der Waals surface area contributed by atoms with Gasteiger partial charge in [-0.3, -0.25) is 9.59 Å². The molecule has 0 atom stereocenters. The first-order valence-corrected chi connectivity index (χ1v) is 6.98. The summed E-state index contributed by atoms with van der Waals surface area (Å²) >= 11 is 5.62. The fraction of sp³-hybridized carbons (Fsp3) is 0.429. The predicted molar refractivity (Wildman–Crippen MR) is 77.8 cm³/mol. The number of benzene rings is 1. The molecule has 0 heterocycles. The van der Waals surface area contributed by atoms with Crippen molar-refractivity contribution in [3.8, 4) is 5.75 Å². The first-order valence-electron chi connectivity index (χ1n) is 6.60. The van der Waals surface area contributed by atoms with E-state index in [1.165, 1.54) is 17.0 Å². The van der Waals surface area contributed by atoms with Crippen LogP contribution in [0, 0.1) is 5.82 Å². The Morgan fingerprint density at radius 2 is 2.10 bits per heavy atom. The zero-order chi connectivity index (χ0) is 15.8. The molecule has 7 heteroatoms. The van der Waals surface area contributed by atoms with Gasteiger partial charge in [0.25, 0.3) is 5.91 Å². The van der Waals surface area contributed by atoms with E-state index in [4.69, 9.17) is 16.3 Å². The van der Waals surface area contributed by atoms with E-state index in [1.807, 2.05) is 0 Å². The molecule has 0 radical (unpaired) electrons. The summed E-state index contributed by atoms with van der Waals surface area (Å²) in [5, 5.41) is 2.55. The molecule has 0 saturated heterocycles. The lowest BCUT2D eigenvalue weighted by Gasteiger charge is -2.20. The van der Waals surface area contributed by atoms with Crippen molar-refractivity contribution < 1.29 is 18.7 Å². The maximum atomic E-state index is 13.0. The maximum Gasteiger partial charge on any atom is 0.260 e. The summed E-state index contributed by atoms with van der Waals surface area (Å²) in [5.74, 6) is -0.813. The van der Waals surface area contributed by atoms with E-state index < -0.39 is 5.82 Å². The third-order valence-electron chi connectivity index (χ3n) is 2.70. The van der Waals surface area contributed by atoms with Gasteiger partial charge in [0.15, 0.2) is 6.61 Å². The molecule has 0 spiro atoms. The van der Waals surface area contributed by atoms with Crippen molar-refractivity contribution in [1.29, 1.82) is 0 Å². The van der Waals surface area contributed by atoms with Crippen molar-refractivity contribution in [2.75, 3.05) is 26.2 Å². The number of nitrogens with one attached hydrogen (secondary N) is 1. The Labute approximate surface area is 128 Å². The summed E-state index contributed by atoms with van der Waals surface area (Å²) in [4.78, 5) is 24.8. The second kappa shape index (κ2) is 8.46. The minimum atomic E-state index is -0.554. The molecule has 0 fully saturated rings. The van der Waals surface area contributed by atoms with E-state index >= 15 is 0 Å². The highest BCUT2D eigenvalue weighted by atomic mass is 35.5. The molecule has 1 rings (SSSR count). The quantitative estimate of drug-likeness (QED) is 0.835. The molecule has 0 aromatic heterocycles. The van der Waals surface area contributed by atoms with Crippen LogP contribution >= 0.6 is 11.6 Å². The molecule has 0 aliphatic carbocycles. The van der Waals surface area contributed by atoms with E-state index in [9.17, 15) is 14.0 Å². The second-order valence-corrected chi connectivity index (χ2v) is 4.63. The molecule has 0 aliphatic heterocycles. The summed E-state index contributed by atoms with van der Waals surface area (Å²) in [6, 6.07) is 3.84. The number of hydrogen-bond donors (Lipinski definition) is 1. The Balaban J connectivity index is 2.54. The van der Waals surface area contributed by atoms with Crippen LogP contribution in [0.4, 0.5) is 4.39 Å². The van der Waals surface area contributed by atoms with Gasteiger partial charge in [-0.1, -0.05) is 11.6 Å². The summed E-state index contributed by atoms with van der Waals surface area (Å²) < 4.78 is 18.2. The average Bonchev–Trinajstić information content (AvgIpc) is 2.46. The van der Waals surface area contributed by atoms with Gasteiger partial charge in [0.2, 0.25) is 5.91 Å². The van der Waals surface area contributed by atoms with E-state index in [0.29, 0.717) is 18.8 Å². The van der Waals surface area contributed by atoms with Gasteiger partial charge >= 0.3 is 0 Å². The lowest BCUT2D eigenvalue weighted by molar-refractivity contribution is -0.137. The Hall–Kier alpha value is -1.82. The van der Waals surface area contributed by atoms with Gasteiger partial charge in [0.1, 0.15) is 11.6 Å². The van der Waals surface area contributed by atoms with E-state index in [0.717, 1.165) is 6.07 Å². The molecule has 116 valence electrons. The Kier molecular flexibility index (Phi) is 6.94. The van der Waals surface area contributed by atoms with Gasteiger partial charge in [-0.25, -0.2) is 4.39 Å². The molecule has 0 saturated carbocycles. The van der Waals surface area contributed by atoms with E-state index in [1.54, 1.807) is 13.8 Å². The number of ether oxygens (including phenoxy) is 1. The fourth-order valence-electron chi connectivity index (χ4n) is 1.61. The molecule has 0 aliphatic rings. The van der Waals surface area contributed by atoms with Crippen LogP contribution in [0.2, 0.25) is 5.02 Å². The van der Waals surface area contributed by atoms with Crippen LogP contribution in [0.25, 0.3) is 0 Å². The van der Waals surface area contributed by atoms with Crippen LogP contribution in [0.1, 0.15) is 13.8 Å². The molecule has 1 aromatic rings. The summed E-state index contributed by atoms with van der Waals surface area (Å²) in [7, 11) is 0. The normalized spacial score (nSPS) is 10.1. The van der Waals surface area contributed by atoms with E-state index in [2.05, 4.69) is 5.32 Å². The molecule has 2 amide bonds. The number of carbonyl (C=O) groups excluding carboxylic acids is 2.